The fourth-order valence-corrected chi connectivity index (χ4v) is 7.04. The second-order valence-electron chi connectivity index (χ2n) is 9.24. The standard InChI is InChI=1S/C18H33N/c1-4-5-6-15(19)10-18-9-14-7-16(2,12-18)11-17(3,8-14)13-18/h14-15H,4-13,19H2,1-3H3. The fourth-order valence-electron chi connectivity index (χ4n) is 7.04. The molecule has 110 valence electrons. The van der Waals surface area contributed by atoms with Crippen molar-refractivity contribution in [3.8, 4) is 0 Å². The summed E-state index contributed by atoms with van der Waals surface area (Å²) in [4.78, 5) is 0. The van der Waals surface area contributed by atoms with E-state index in [1.54, 1.807) is 0 Å². The number of nitrogens with two attached hydrogens (primary N) is 1. The van der Waals surface area contributed by atoms with Crippen LogP contribution in [0.4, 0.5) is 0 Å². The van der Waals surface area contributed by atoms with Crippen LogP contribution in [0.3, 0.4) is 0 Å². The smallest absolute Gasteiger partial charge is 0.00441 e. The second kappa shape index (κ2) is 4.48. The first-order chi connectivity index (χ1) is 8.86. The predicted molar refractivity (Wildman–Crippen MR) is 82.0 cm³/mol. The predicted octanol–water partition coefficient (Wildman–Crippen LogP) is 4.89. The summed E-state index contributed by atoms with van der Waals surface area (Å²) in [6.45, 7) is 7.42. The third-order valence-electron chi connectivity index (χ3n) is 6.37. The molecule has 0 heterocycles. The van der Waals surface area contributed by atoms with Gasteiger partial charge < -0.3 is 5.73 Å². The molecule has 4 aliphatic rings. The van der Waals surface area contributed by atoms with Crippen LogP contribution in [0, 0.1) is 22.2 Å². The van der Waals surface area contributed by atoms with E-state index in [0.717, 1.165) is 5.92 Å². The highest BCUT2D eigenvalue weighted by Gasteiger charge is 2.59. The Morgan fingerprint density at radius 3 is 2.21 bits per heavy atom. The molecular weight excluding hydrogens is 230 g/mol. The average Bonchev–Trinajstić information content (AvgIpc) is 2.20. The maximum absolute atomic E-state index is 6.47. The molecule has 4 saturated carbocycles. The summed E-state index contributed by atoms with van der Waals surface area (Å²) in [5, 5.41) is 0. The van der Waals surface area contributed by atoms with Crippen LogP contribution in [0.15, 0.2) is 0 Å². The average molecular weight is 263 g/mol. The van der Waals surface area contributed by atoms with Crippen molar-refractivity contribution >= 4 is 0 Å². The van der Waals surface area contributed by atoms with Gasteiger partial charge in [0, 0.05) is 6.04 Å². The molecule has 1 heteroatoms. The Morgan fingerprint density at radius 2 is 1.68 bits per heavy atom. The van der Waals surface area contributed by atoms with Gasteiger partial charge in [0.1, 0.15) is 0 Å². The SMILES string of the molecule is CCCCC(N)CC12CC3CC(C)(CC(C)(C3)C1)C2. The minimum Gasteiger partial charge on any atom is -0.328 e. The number of rotatable bonds is 5. The Kier molecular flexibility index (Phi) is 3.28. The van der Waals surface area contributed by atoms with Crippen molar-refractivity contribution in [2.45, 2.75) is 91.0 Å². The lowest BCUT2D eigenvalue weighted by Gasteiger charge is -2.66. The zero-order valence-electron chi connectivity index (χ0n) is 13.3. The van der Waals surface area contributed by atoms with E-state index in [1.807, 2.05) is 0 Å². The first-order valence-electron chi connectivity index (χ1n) is 8.62. The van der Waals surface area contributed by atoms with E-state index < -0.39 is 0 Å². The van der Waals surface area contributed by atoms with Crippen molar-refractivity contribution in [2.75, 3.05) is 0 Å². The molecule has 0 aromatic carbocycles. The Morgan fingerprint density at radius 1 is 1.05 bits per heavy atom. The van der Waals surface area contributed by atoms with E-state index in [1.165, 1.54) is 64.2 Å². The van der Waals surface area contributed by atoms with Gasteiger partial charge in [0.15, 0.2) is 0 Å². The van der Waals surface area contributed by atoms with Gasteiger partial charge in [-0.05, 0) is 73.5 Å². The Balaban J connectivity index is 1.73. The van der Waals surface area contributed by atoms with Crippen LogP contribution in [0.2, 0.25) is 0 Å². The third kappa shape index (κ3) is 2.60. The molecule has 4 fully saturated rings. The lowest BCUT2D eigenvalue weighted by molar-refractivity contribution is -0.149. The van der Waals surface area contributed by atoms with Gasteiger partial charge in [0.25, 0.3) is 0 Å². The van der Waals surface area contributed by atoms with Crippen molar-refractivity contribution in [2.24, 2.45) is 27.9 Å². The van der Waals surface area contributed by atoms with Gasteiger partial charge in [-0.3, -0.25) is 0 Å². The van der Waals surface area contributed by atoms with Gasteiger partial charge in [-0.25, -0.2) is 0 Å². The zero-order chi connectivity index (χ0) is 13.7. The Bertz CT molecular complexity index is 330. The van der Waals surface area contributed by atoms with E-state index in [0.29, 0.717) is 22.3 Å². The maximum atomic E-state index is 6.47. The number of hydrogen-bond acceptors (Lipinski definition) is 1. The van der Waals surface area contributed by atoms with E-state index in [9.17, 15) is 0 Å². The lowest BCUT2D eigenvalue weighted by atomic mass is 9.39. The summed E-state index contributed by atoms with van der Waals surface area (Å²) in [6, 6.07) is 0.461. The monoisotopic (exact) mass is 263 g/mol. The van der Waals surface area contributed by atoms with Crippen LogP contribution in [0.5, 0.6) is 0 Å². The van der Waals surface area contributed by atoms with E-state index in [4.69, 9.17) is 5.73 Å². The molecule has 0 spiro atoms. The van der Waals surface area contributed by atoms with Gasteiger partial charge >= 0.3 is 0 Å². The summed E-state index contributed by atoms with van der Waals surface area (Å²) in [7, 11) is 0. The molecule has 4 aliphatic carbocycles. The number of hydrogen-bond donors (Lipinski definition) is 1. The lowest BCUT2D eigenvalue weighted by Crippen LogP contribution is -2.56. The van der Waals surface area contributed by atoms with E-state index in [-0.39, 0.29) is 0 Å². The molecule has 4 bridgehead atoms. The molecule has 3 unspecified atom stereocenters. The Labute approximate surface area is 119 Å². The van der Waals surface area contributed by atoms with Gasteiger partial charge in [0.2, 0.25) is 0 Å². The molecule has 3 atom stereocenters. The van der Waals surface area contributed by atoms with Crippen molar-refractivity contribution in [1.82, 2.24) is 0 Å². The molecule has 1 nitrogen and oxygen atoms in total. The van der Waals surface area contributed by atoms with Gasteiger partial charge in [-0.15, -0.1) is 0 Å². The molecule has 0 saturated heterocycles. The first-order valence-corrected chi connectivity index (χ1v) is 8.62. The van der Waals surface area contributed by atoms with Crippen LogP contribution in [0.1, 0.15) is 85.0 Å². The van der Waals surface area contributed by atoms with E-state index >= 15 is 0 Å². The van der Waals surface area contributed by atoms with Gasteiger partial charge in [-0.1, -0.05) is 33.6 Å². The van der Waals surface area contributed by atoms with Gasteiger partial charge in [-0.2, -0.15) is 0 Å². The van der Waals surface area contributed by atoms with Crippen molar-refractivity contribution in [3.05, 3.63) is 0 Å². The summed E-state index contributed by atoms with van der Waals surface area (Å²) in [5.74, 6) is 1.02. The zero-order valence-corrected chi connectivity index (χ0v) is 13.3. The van der Waals surface area contributed by atoms with Gasteiger partial charge in [0.05, 0.1) is 0 Å². The van der Waals surface area contributed by atoms with Crippen LogP contribution in [-0.2, 0) is 0 Å². The molecule has 2 N–H and O–H groups in total. The van der Waals surface area contributed by atoms with Crippen molar-refractivity contribution in [1.29, 1.82) is 0 Å². The topological polar surface area (TPSA) is 26.0 Å². The Hall–Kier alpha value is -0.0400. The van der Waals surface area contributed by atoms with Crippen LogP contribution in [-0.4, -0.2) is 6.04 Å². The minimum atomic E-state index is 0.461. The van der Waals surface area contributed by atoms with Crippen molar-refractivity contribution < 1.29 is 0 Å². The highest BCUT2D eigenvalue weighted by molar-refractivity contribution is 5.10. The first kappa shape index (κ1) is 13.9. The second-order valence-corrected chi connectivity index (χ2v) is 9.24. The minimum absolute atomic E-state index is 0.461. The highest BCUT2D eigenvalue weighted by atomic mass is 14.7. The molecule has 0 aromatic heterocycles. The molecule has 4 rings (SSSR count). The number of unbranched alkanes of at least 4 members (excludes halogenated alkanes) is 1. The van der Waals surface area contributed by atoms with Crippen molar-refractivity contribution in [3.63, 3.8) is 0 Å². The molecule has 0 radical (unpaired) electrons. The quantitative estimate of drug-likeness (QED) is 0.751. The summed E-state index contributed by atoms with van der Waals surface area (Å²) in [6.07, 6.45) is 14.1. The summed E-state index contributed by atoms with van der Waals surface area (Å²) < 4.78 is 0. The largest absolute Gasteiger partial charge is 0.328 e. The summed E-state index contributed by atoms with van der Waals surface area (Å²) >= 11 is 0. The normalized spacial score (nSPS) is 49.6. The maximum Gasteiger partial charge on any atom is 0.00441 e. The fraction of sp³-hybridized carbons (Fsp3) is 1.00. The highest BCUT2D eigenvalue weighted by Crippen LogP contribution is 2.70. The molecule has 0 aromatic rings. The molecule has 0 amide bonds. The van der Waals surface area contributed by atoms with E-state index in [2.05, 4.69) is 20.8 Å². The summed E-state index contributed by atoms with van der Waals surface area (Å²) in [5.41, 5.74) is 8.39. The van der Waals surface area contributed by atoms with Crippen LogP contribution < -0.4 is 5.73 Å². The third-order valence-corrected chi connectivity index (χ3v) is 6.37. The molecule has 0 aliphatic heterocycles. The van der Waals surface area contributed by atoms with Crippen LogP contribution in [0.25, 0.3) is 0 Å². The molecule has 19 heavy (non-hydrogen) atoms. The molecular formula is C18H33N. The van der Waals surface area contributed by atoms with Crippen LogP contribution >= 0.6 is 0 Å².